The quantitative estimate of drug-likeness (QED) is 0.544. The van der Waals surface area contributed by atoms with Crippen LogP contribution in [0.1, 0.15) is 11.1 Å². The van der Waals surface area contributed by atoms with Gasteiger partial charge in [-0.3, -0.25) is 0 Å². The van der Waals surface area contributed by atoms with Gasteiger partial charge >= 0.3 is 0 Å². The molecule has 0 bridgehead atoms. The molecule has 11 heavy (non-hydrogen) atoms. The molecule has 0 aliphatic heterocycles. The molecule has 0 spiro atoms. The lowest BCUT2D eigenvalue weighted by molar-refractivity contribution is 1.18. The van der Waals surface area contributed by atoms with Gasteiger partial charge in [0, 0.05) is 23.4 Å². The van der Waals surface area contributed by atoms with E-state index in [9.17, 15) is 0 Å². The van der Waals surface area contributed by atoms with Gasteiger partial charge < -0.3 is 11.5 Å². The third-order valence-corrected chi connectivity index (χ3v) is 2.13. The van der Waals surface area contributed by atoms with E-state index in [2.05, 4.69) is 6.58 Å². The summed E-state index contributed by atoms with van der Waals surface area (Å²) in [7, 11) is 0. The summed E-state index contributed by atoms with van der Waals surface area (Å²) in [5.74, 6) is 0. The largest absolute Gasteiger partial charge is 0.398 e. The number of allylic oxidation sites excluding steroid dienone is 1. The highest BCUT2D eigenvalue weighted by atomic mass is 14.6. The first-order valence-corrected chi connectivity index (χ1v) is 3.55. The molecule has 56 valence electrons. The summed E-state index contributed by atoms with van der Waals surface area (Å²) in [6.07, 6.45) is 0.895. The summed E-state index contributed by atoms with van der Waals surface area (Å²) in [6.45, 7) is 3.87. The molecule has 0 atom stereocenters. The molecule has 0 amide bonds. The Bertz CT molecular complexity index is 340. The topological polar surface area (TPSA) is 52.0 Å². The van der Waals surface area contributed by atoms with Gasteiger partial charge in [0.15, 0.2) is 0 Å². The van der Waals surface area contributed by atoms with Crippen molar-refractivity contribution >= 4 is 16.9 Å². The molecule has 1 aliphatic rings. The molecule has 1 aromatic rings. The number of rotatable bonds is 0. The van der Waals surface area contributed by atoms with Gasteiger partial charge in [0.05, 0.1) is 0 Å². The molecule has 2 rings (SSSR count). The fraction of sp³-hybridized carbons (Fsp3) is 0.111. The fourth-order valence-corrected chi connectivity index (χ4v) is 1.49. The minimum Gasteiger partial charge on any atom is -0.398 e. The fourth-order valence-electron chi connectivity index (χ4n) is 1.49. The van der Waals surface area contributed by atoms with Crippen LogP contribution in [0.5, 0.6) is 0 Å². The van der Waals surface area contributed by atoms with E-state index in [4.69, 9.17) is 11.5 Å². The number of hydrogen-bond acceptors (Lipinski definition) is 2. The summed E-state index contributed by atoms with van der Waals surface area (Å²) >= 11 is 0. The number of nitrogens with two attached hydrogens (primary N) is 2. The molecule has 1 aromatic carbocycles. The second-order valence-electron chi connectivity index (χ2n) is 2.88. The zero-order valence-corrected chi connectivity index (χ0v) is 6.22. The van der Waals surface area contributed by atoms with E-state index < -0.39 is 0 Å². The Kier molecular flexibility index (Phi) is 1.02. The van der Waals surface area contributed by atoms with E-state index in [-0.39, 0.29) is 0 Å². The molecule has 0 unspecified atom stereocenters. The van der Waals surface area contributed by atoms with E-state index in [0.717, 1.165) is 34.5 Å². The van der Waals surface area contributed by atoms with Crippen molar-refractivity contribution in [3.05, 3.63) is 29.8 Å². The minimum atomic E-state index is 0.797. The zero-order chi connectivity index (χ0) is 8.01. The van der Waals surface area contributed by atoms with Crippen LogP contribution in [0.4, 0.5) is 11.4 Å². The van der Waals surface area contributed by atoms with Crippen LogP contribution in [0.25, 0.3) is 5.57 Å². The molecule has 0 saturated carbocycles. The predicted molar refractivity (Wildman–Crippen MR) is 48.0 cm³/mol. The number of hydrogen-bond donors (Lipinski definition) is 2. The smallest absolute Gasteiger partial charge is 0.0394 e. The van der Waals surface area contributed by atoms with Crippen LogP contribution < -0.4 is 11.5 Å². The van der Waals surface area contributed by atoms with Crippen molar-refractivity contribution in [2.45, 2.75) is 6.42 Å². The Balaban J connectivity index is 2.71. The number of benzene rings is 1. The number of fused-ring (bicyclic) bond motifs is 1. The van der Waals surface area contributed by atoms with E-state index in [1.165, 1.54) is 0 Å². The van der Waals surface area contributed by atoms with Crippen molar-refractivity contribution in [2.24, 2.45) is 0 Å². The van der Waals surface area contributed by atoms with Crippen LogP contribution in [0.15, 0.2) is 18.7 Å². The van der Waals surface area contributed by atoms with Gasteiger partial charge in [0.2, 0.25) is 0 Å². The Morgan fingerprint density at radius 3 is 2.36 bits per heavy atom. The van der Waals surface area contributed by atoms with Crippen molar-refractivity contribution in [2.75, 3.05) is 11.5 Å². The van der Waals surface area contributed by atoms with Gasteiger partial charge in [-0.2, -0.15) is 0 Å². The SMILES string of the molecule is C=C1Cc2c(N)ccc(N)c21. The van der Waals surface area contributed by atoms with Crippen molar-refractivity contribution in [1.29, 1.82) is 0 Å². The normalized spacial score (nSPS) is 14.0. The Morgan fingerprint density at radius 1 is 1.18 bits per heavy atom. The van der Waals surface area contributed by atoms with Gasteiger partial charge in [-0.05, 0) is 23.3 Å². The summed E-state index contributed by atoms with van der Waals surface area (Å²) in [5.41, 5.74) is 16.4. The Hall–Kier alpha value is -1.44. The van der Waals surface area contributed by atoms with Gasteiger partial charge in [-0.25, -0.2) is 0 Å². The summed E-state index contributed by atoms with van der Waals surface area (Å²) in [5, 5.41) is 0. The monoisotopic (exact) mass is 146 g/mol. The summed E-state index contributed by atoms with van der Waals surface area (Å²) in [6, 6.07) is 3.68. The Morgan fingerprint density at radius 2 is 1.82 bits per heavy atom. The second-order valence-corrected chi connectivity index (χ2v) is 2.88. The first kappa shape index (κ1) is 6.28. The summed E-state index contributed by atoms with van der Waals surface area (Å²) < 4.78 is 0. The van der Waals surface area contributed by atoms with Gasteiger partial charge in [0.1, 0.15) is 0 Å². The third-order valence-electron chi connectivity index (χ3n) is 2.13. The molecule has 0 aromatic heterocycles. The van der Waals surface area contributed by atoms with Crippen molar-refractivity contribution in [3.63, 3.8) is 0 Å². The molecule has 2 nitrogen and oxygen atoms in total. The molecule has 2 heteroatoms. The highest BCUT2D eigenvalue weighted by Gasteiger charge is 2.22. The van der Waals surface area contributed by atoms with E-state index in [0.29, 0.717) is 0 Å². The van der Waals surface area contributed by atoms with Crippen molar-refractivity contribution < 1.29 is 0 Å². The Labute approximate surface area is 65.5 Å². The van der Waals surface area contributed by atoms with Crippen LogP contribution >= 0.6 is 0 Å². The average molecular weight is 146 g/mol. The highest BCUT2D eigenvalue weighted by molar-refractivity contribution is 5.89. The van der Waals surface area contributed by atoms with E-state index in [1.54, 1.807) is 0 Å². The molecule has 0 fully saturated rings. The molecular weight excluding hydrogens is 136 g/mol. The van der Waals surface area contributed by atoms with Gasteiger partial charge in [-0.15, -0.1) is 0 Å². The number of nitrogen functional groups attached to an aromatic ring is 2. The van der Waals surface area contributed by atoms with Gasteiger partial charge in [-0.1, -0.05) is 6.58 Å². The molecule has 0 saturated heterocycles. The van der Waals surface area contributed by atoms with Crippen LogP contribution in [0.3, 0.4) is 0 Å². The minimum absolute atomic E-state index is 0.797. The lowest BCUT2D eigenvalue weighted by Crippen LogP contribution is -2.12. The standard InChI is InChI=1S/C9H10N2/c1-5-4-6-7(10)2-3-8(11)9(5)6/h2-3H,1,4,10-11H2. The lowest BCUT2D eigenvalue weighted by atomic mass is 9.82. The molecule has 1 aliphatic carbocycles. The summed E-state index contributed by atoms with van der Waals surface area (Å²) in [4.78, 5) is 0. The van der Waals surface area contributed by atoms with Crippen LogP contribution in [0, 0.1) is 0 Å². The maximum Gasteiger partial charge on any atom is 0.0394 e. The molecule has 4 N–H and O–H groups in total. The lowest BCUT2D eigenvalue weighted by Gasteiger charge is -2.25. The van der Waals surface area contributed by atoms with Crippen molar-refractivity contribution in [1.82, 2.24) is 0 Å². The molecule has 0 radical (unpaired) electrons. The first-order chi connectivity index (χ1) is 5.20. The van der Waals surface area contributed by atoms with E-state index in [1.807, 2.05) is 12.1 Å². The highest BCUT2D eigenvalue weighted by Crippen LogP contribution is 2.40. The molecule has 0 heterocycles. The van der Waals surface area contributed by atoms with Crippen LogP contribution in [0.2, 0.25) is 0 Å². The number of anilines is 2. The van der Waals surface area contributed by atoms with Crippen LogP contribution in [-0.2, 0) is 6.42 Å². The van der Waals surface area contributed by atoms with E-state index >= 15 is 0 Å². The predicted octanol–water partition coefficient (Wildman–Crippen LogP) is 1.42. The second kappa shape index (κ2) is 1.78. The maximum atomic E-state index is 5.71. The maximum absolute atomic E-state index is 5.71. The average Bonchev–Trinajstić information content (AvgIpc) is 1.93. The van der Waals surface area contributed by atoms with Crippen LogP contribution in [-0.4, -0.2) is 0 Å². The van der Waals surface area contributed by atoms with Crippen molar-refractivity contribution in [3.8, 4) is 0 Å². The third kappa shape index (κ3) is 0.664. The van der Waals surface area contributed by atoms with Gasteiger partial charge in [0.25, 0.3) is 0 Å². The zero-order valence-electron chi connectivity index (χ0n) is 6.22. The molecular formula is C9H10N2. The first-order valence-electron chi connectivity index (χ1n) is 3.55.